The molecule has 0 bridgehead atoms. The Bertz CT molecular complexity index is 1800. The van der Waals surface area contributed by atoms with Crippen LogP contribution in [-0.4, -0.2) is 61.4 Å². The molecule has 0 saturated carbocycles. The molecule has 1 aliphatic heterocycles. The Balaban J connectivity index is 1.51. The van der Waals surface area contributed by atoms with Crippen LogP contribution in [0.3, 0.4) is 0 Å². The number of nitrogens with zero attached hydrogens (tertiary/aromatic N) is 2. The highest BCUT2D eigenvalue weighted by Crippen LogP contribution is 2.40. The number of hydrogen-bond acceptors (Lipinski definition) is 8. The third-order valence-corrected chi connectivity index (χ3v) is 8.67. The molecule has 3 aromatic rings. The molecule has 1 aliphatic rings. The molecule has 2 heterocycles. The molecule has 0 atom stereocenters. The van der Waals surface area contributed by atoms with Gasteiger partial charge in [-0.3, -0.25) is 14.5 Å². The summed E-state index contributed by atoms with van der Waals surface area (Å²) in [5.41, 5.74) is 2.62. The van der Waals surface area contributed by atoms with Gasteiger partial charge in [0.05, 0.1) is 23.7 Å². The number of nitrogens with one attached hydrogen (secondary N) is 2. The zero-order chi connectivity index (χ0) is 37.0. The summed E-state index contributed by atoms with van der Waals surface area (Å²) in [4.78, 5) is 32.5. The number of benzene rings is 2. The molecule has 2 aromatic carbocycles. The molecule has 0 aliphatic carbocycles. The van der Waals surface area contributed by atoms with Crippen LogP contribution in [0.4, 0.5) is 16.2 Å². The molecule has 4 rings (SSSR count). The first kappa shape index (κ1) is 38.5. The van der Waals surface area contributed by atoms with Gasteiger partial charge in [0, 0.05) is 36.6 Å². The molecule has 12 heteroatoms. The molecule has 1 fully saturated rings. The normalized spacial score (nSPS) is 14.3. The lowest BCUT2D eigenvalue weighted by Crippen LogP contribution is -2.42. The number of rotatable bonds is 10. The number of hydrogen-bond donors (Lipinski definition) is 2. The first-order valence-corrected chi connectivity index (χ1v) is 18.9. The first-order valence-electron chi connectivity index (χ1n) is 17.0. The minimum atomic E-state index is -3.64. The standard InChI is InChI=1S/C38H52N4O7S/c1-24(2)47-34-31(21-28(37(4,5)6)22-32(34)41-50(10,45)46)40-35(43)27-12-11-25(3)33(20-27)48-30-13-16-39-29(23-30)19-26-14-17-42(18-15-26)36(44)49-38(7,8)9/h11-13,16,20-24,26,41H,14-15,17-19H2,1-10H3,(H,40,43). The number of amides is 2. The predicted molar refractivity (Wildman–Crippen MR) is 197 cm³/mol. The highest BCUT2D eigenvalue weighted by molar-refractivity contribution is 7.92. The van der Waals surface area contributed by atoms with Crippen LogP contribution in [0, 0.1) is 12.8 Å². The monoisotopic (exact) mass is 708 g/mol. The summed E-state index contributed by atoms with van der Waals surface area (Å²) >= 11 is 0. The van der Waals surface area contributed by atoms with Crippen molar-refractivity contribution in [2.45, 2.75) is 98.7 Å². The third-order valence-electron chi connectivity index (χ3n) is 8.08. The molecule has 1 saturated heterocycles. The van der Waals surface area contributed by atoms with Crippen molar-refractivity contribution in [2.24, 2.45) is 5.92 Å². The van der Waals surface area contributed by atoms with Crippen molar-refractivity contribution in [1.82, 2.24) is 9.88 Å². The molecule has 50 heavy (non-hydrogen) atoms. The van der Waals surface area contributed by atoms with Crippen LogP contribution in [0.1, 0.15) is 95.4 Å². The molecular formula is C38H52N4O7S. The van der Waals surface area contributed by atoms with Crippen molar-refractivity contribution in [1.29, 1.82) is 0 Å². The SMILES string of the molecule is Cc1ccc(C(=O)Nc2cc(C(C)(C)C)cc(NS(C)(=O)=O)c2OC(C)C)cc1Oc1ccnc(CC2CCN(C(=O)OC(C)(C)C)CC2)c1. The van der Waals surface area contributed by atoms with Crippen molar-refractivity contribution in [3.63, 3.8) is 0 Å². The van der Waals surface area contributed by atoms with Gasteiger partial charge in [0.15, 0.2) is 5.75 Å². The highest BCUT2D eigenvalue weighted by Gasteiger charge is 2.28. The van der Waals surface area contributed by atoms with E-state index in [9.17, 15) is 18.0 Å². The molecule has 0 unspecified atom stereocenters. The first-order chi connectivity index (χ1) is 23.2. The van der Waals surface area contributed by atoms with Crippen LogP contribution in [-0.2, 0) is 26.6 Å². The Labute approximate surface area is 297 Å². The Morgan fingerprint density at radius 2 is 1.64 bits per heavy atom. The largest absolute Gasteiger partial charge is 0.487 e. The smallest absolute Gasteiger partial charge is 0.410 e. The summed E-state index contributed by atoms with van der Waals surface area (Å²) in [7, 11) is -3.64. The van der Waals surface area contributed by atoms with Crippen LogP contribution in [0.2, 0.25) is 0 Å². The van der Waals surface area contributed by atoms with Crippen LogP contribution in [0.5, 0.6) is 17.2 Å². The van der Waals surface area contributed by atoms with E-state index in [1.807, 2.05) is 80.5 Å². The second-order valence-electron chi connectivity index (χ2n) is 15.3. The molecular weight excluding hydrogens is 657 g/mol. The van der Waals surface area contributed by atoms with Gasteiger partial charge in [0.2, 0.25) is 10.0 Å². The molecule has 0 radical (unpaired) electrons. The van der Waals surface area contributed by atoms with E-state index < -0.39 is 21.5 Å². The van der Waals surface area contributed by atoms with Gasteiger partial charge in [-0.15, -0.1) is 0 Å². The fourth-order valence-electron chi connectivity index (χ4n) is 5.54. The minimum absolute atomic E-state index is 0.232. The maximum absolute atomic E-state index is 13.7. The summed E-state index contributed by atoms with van der Waals surface area (Å²) in [5.74, 6) is 1.31. The lowest BCUT2D eigenvalue weighted by atomic mass is 9.86. The van der Waals surface area contributed by atoms with Crippen LogP contribution in [0.15, 0.2) is 48.7 Å². The number of aryl methyl sites for hydroxylation is 1. The average Bonchev–Trinajstić information content (AvgIpc) is 2.98. The second kappa shape index (κ2) is 15.3. The van der Waals surface area contributed by atoms with Gasteiger partial charge in [-0.1, -0.05) is 26.8 Å². The summed E-state index contributed by atoms with van der Waals surface area (Å²) < 4.78 is 45.0. The number of anilines is 2. The predicted octanol–water partition coefficient (Wildman–Crippen LogP) is 8.08. The number of carbonyl (C=O) groups excluding carboxylic acids is 2. The van der Waals surface area contributed by atoms with E-state index in [-0.39, 0.29) is 29.0 Å². The zero-order valence-electron chi connectivity index (χ0n) is 31.0. The summed E-state index contributed by atoms with van der Waals surface area (Å²) in [6.07, 6.45) is 4.70. The van der Waals surface area contributed by atoms with E-state index in [4.69, 9.17) is 14.2 Å². The number of piperidine rings is 1. The lowest BCUT2D eigenvalue weighted by Gasteiger charge is -2.33. The van der Waals surface area contributed by atoms with Crippen LogP contribution >= 0.6 is 0 Å². The number of carbonyl (C=O) groups is 2. The van der Waals surface area contributed by atoms with E-state index in [1.54, 1.807) is 35.4 Å². The molecule has 2 N–H and O–H groups in total. The van der Waals surface area contributed by atoms with Gasteiger partial charge >= 0.3 is 6.09 Å². The Morgan fingerprint density at radius 1 is 0.980 bits per heavy atom. The average molecular weight is 709 g/mol. The summed E-state index contributed by atoms with van der Waals surface area (Å²) in [6, 6.07) is 12.5. The third kappa shape index (κ3) is 11.1. The van der Waals surface area contributed by atoms with Crippen molar-refractivity contribution >= 4 is 33.4 Å². The Hall–Kier alpha value is -4.32. The maximum atomic E-state index is 13.7. The minimum Gasteiger partial charge on any atom is -0.487 e. The second-order valence-corrected chi connectivity index (χ2v) is 17.1. The number of pyridine rings is 1. The molecule has 272 valence electrons. The molecule has 11 nitrogen and oxygen atoms in total. The van der Waals surface area contributed by atoms with Gasteiger partial charge in [-0.05, 0) is 114 Å². The van der Waals surface area contributed by atoms with Crippen molar-refractivity contribution in [2.75, 3.05) is 29.4 Å². The topological polar surface area (TPSA) is 136 Å². The van der Waals surface area contributed by atoms with Gasteiger partial charge in [0.25, 0.3) is 5.91 Å². The van der Waals surface area contributed by atoms with Crippen molar-refractivity contribution < 1.29 is 32.2 Å². The van der Waals surface area contributed by atoms with Crippen molar-refractivity contribution in [3.05, 3.63) is 71.0 Å². The maximum Gasteiger partial charge on any atom is 0.410 e. The molecule has 2 amide bonds. The van der Waals surface area contributed by atoms with E-state index in [1.165, 1.54) is 0 Å². The Morgan fingerprint density at radius 3 is 2.24 bits per heavy atom. The number of ether oxygens (including phenoxy) is 3. The number of sulfonamides is 1. The molecule has 1 aromatic heterocycles. The van der Waals surface area contributed by atoms with Crippen molar-refractivity contribution in [3.8, 4) is 17.2 Å². The fourth-order valence-corrected chi connectivity index (χ4v) is 6.09. The van der Waals surface area contributed by atoms with E-state index in [2.05, 4.69) is 15.0 Å². The Kier molecular flexibility index (Phi) is 11.8. The fraction of sp³-hybridized carbons (Fsp3) is 0.500. The van der Waals surface area contributed by atoms with E-state index >= 15 is 0 Å². The summed E-state index contributed by atoms with van der Waals surface area (Å²) in [6.45, 7) is 18.5. The van der Waals surface area contributed by atoms with Crippen LogP contribution < -0.4 is 19.5 Å². The van der Waals surface area contributed by atoms with Gasteiger partial charge in [-0.2, -0.15) is 0 Å². The van der Waals surface area contributed by atoms with Gasteiger partial charge < -0.3 is 24.4 Å². The van der Waals surface area contributed by atoms with Crippen LogP contribution in [0.25, 0.3) is 0 Å². The summed E-state index contributed by atoms with van der Waals surface area (Å²) in [5, 5.41) is 2.96. The van der Waals surface area contributed by atoms with Gasteiger partial charge in [0.1, 0.15) is 17.1 Å². The van der Waals surface area contributed by atoms with E-state index in [0.717, 1.165) is 42.3 Å². The van der Waals surface area contributed by atoms with E-state index in [0.29, 0.717) is 41.8 Å². The number of likely N-dealkylation sites (tertiary alicyclic amines) is 1. The quantitative estimate of drug-likeness (QED) is 0.216. The molecule has 0 spiro atoms. The van der Waals surface area contributed by atoms with Gasteiger partial charge in [-0.25, -0.2) is 13.2 Å². The highest BCUT2D eigenvalue weighted by atomic mass is 32.2. The number of aromatic nitrogens is 1. The lowest BCUT2D eigenvalue weighted by molar-refractivity contribution is 0.0184. The zero-order valence-corrected chi connectivity index (χ0v) is 31.8.